The molecule has 0 aliphatic rings. The van der Waals surface area contributed by atoms with E-state index in [1.165, 1.54) is 25.7 Å². The molecule has 2 nitrogen and oxygen atoms in total. The van der Waals surface area contributed by atoms with Crippen molar-refractivity contribution in [3.63, 3.8) is 0 Å². The lowest BCUT2D eigenvalue weighted by Crippen LogP contribution is -1.83. The second-order valence-electron chi connectivity index (χ2n) is 1.95. The van der Waals surface area contributed by atoms with E-state index in [2.05, 4.69) is 16.7 Å². The maximum Gasteiger partial charge on any atom is 0.168 e. The van der Waals surface area contributed by atoms with Gasteiger partial charge in [0.15, 0.2) is 6.40 Å². The van der Waals surface area contributed by atoms with Gasteiger partial charge in [-0.2, -0.15) is 0 Å². The summed E-state index contributed by atoms with van der Waals surface area (Å²) >= 11 is 0. The van der Waals surface area contributed by atoms with Crippen molar-refractivity contribution in [1.82, 2.24) is 0 Å². The Morgan fingerprint density at radius 1 is 1.44 bits per heavy atom. The summed E-state index contributed by atoms with van der Waals surface area (Å²) in [6.45, 7) is 3.09. The lowest BCUT2D eigenvalue weighted by molar-refractivity contribution is 0.420. The predicted molar refractivity (Wildman–Crippen MR) is 39.9 cm³/mol. The second kappa shape index (κ2) is 7.47. The molecule has 0 bridgehead atoms. The van der Waals surface area contributed by atoms with Crippen LogP contribution in [0.25, 0.3) is 0 Å². The topological polar surface area (TPSA) is 21.6 Å². The number of hydrogen-bond acceptors (Lipinski definition) is 2. The quantitative estimate of drug-likeness (QED) is 0.315. The van der Waals surface area contributed by atoms with Gasteiger partial charge in [0, 0.05) is 6.54 Å². The van der Waals surface area contributed by atoms with Crippen LogP contribution in [-0.2, 0) is 4.74 Å². The number of aliphatic imine (C=N–C) groups is 1. The summed E-state index contributed by atoms with van der Waals surface area (Å²) in [4.78, 5) is 3.98. The number of methoxy groups -OCH3 is 1. The van der Waals surface area contributed by atoms with E-state index in [0.717, 1.165) is 6.54 Å². The van der Waals surface area contributed by atoms with Gasteiger partial charge in [-0.3, -0.25) is 4.99 Å². The van der Waals surface area contributed by atoms with Gasteiger partial charge in [-0.15, -0.1) is 0 Å². The molecule has 0 aromatic rings. The summed E-state index contributed by atoms with van der Waals surface area (Å²) in [5.41, 5.74) is 0. The Bertz CT molecular complexity index is 71.3. The minimum atomic E-state index is 0.904. The Morgan fingerprint density at radius 2 is 2.22 bits per heavy atom. The molecule has 0 aliphatic carbocycles. The van der Waals surface area contributed by atoms with Gasteiger partial charge in [0.25, 0.3) is 0 Å². The van der Waals surface area contributed by atoms with Crippen molar-refractivity contribution in [2.75, 3.05) is 13.7 Å². The highest BCUT2D eigenvalue weighted by molar-refractivity contribution is 5.45. The van der Waals surface area contributed by atoms with Gasteiger partial charge in [-0.25, -0.2) is 0 Å². The van der Waals surface area contributed by atoms with Gasteiger partial charge >= 0.3 is 0 Å². The molecule has 0 aliphatic heterocycles. The molecule has 0 rings (SSSR count). The zero-order chi connectivity index (χ0) is 6.95. The summed E-state index contributed by atoms with van der Waals surface area (Å²) < 4.78 is 4.63. The highest BCUT2D eigenvalue weighted by atomic mass is 16.5. The number of unbranched alkanes of at least 4 members (excludes halogenated alkanes) is 2. The summed E-state index contributed by atoms with van der Waals surface area (Å²) in [5.74, 6) is 0. The SMILES string of the molecule is CCCCCN=COC. The van der Waals surface area contributed by atoms with Crippen molar-refractivity contribution < 1.29 is 4.74 Å². The normalized spacial score (nSPS) is 10.4. The number of hydrogen-bond donors (Lipinski definition) is 0. The molecule has 0 atom stereocenters. The van der Waals surface area contributed by atoms with E-state index in [4.69, 9.17) is 0 Å². The molecule has 0 amide bonds. The van der Waals surface area contributed by atoms with E-state index < -0.39 is 0 Å². The van der Waals surface area contributed by atoms with E-state index in [1.807, 2.05) is 0 Å². The van der Waals surface area contributed by atoms with Crippen molar-refractivity contribution in [3.8, 4) is 0 Å². The fourth-order valence-electron chi connectivity index (χ4n) is 0.580. The van der Waals surface area contributed by atoms with Crippen LogP contribution in [0, 0.1) is 0 Å². The van der Waals surface area contributed by atoms with Crippen LogP contribution in [0.2, 0.25) is 0 Å². The highest BCUT2D eigenvalue weighted by Gasteiger charge is 1.80. The first kappa shape index (κ1) is 8.47. The Labute approximate surface area is 56.9 Å². The first-order valence-electron chi connectivity index (χ1n) is 3.43. The Morgan fingerprint density at radius 3 is 2.78 bits per heavy atom. The van der Waals surface area contributed by atoms with Gasteiger partial charge in [-0.05, 0) is 6.42 Å². The van der Waals surface area contributed by atoms with Crippen LogP contribution < -0.4 is 0 Å². The molecule has 2 heteroatoms. The molecular weight excluding hydrogens is 114 g/mol. The molecule has 54 valence electrons. The highest BCUT2D eigenvalue weighted by Crippen LogP contribution is 1.92. The maximum atomic E-state index is 4.63. The van der Waals surface area contributed by atoms with Crippen LogP contribution in [0.5, 0.6) is 0 Å². The molecule has 0 heterocycles. The van der Waals surface area contributed by atoms with Crippen LogP contribution in [0.1, 0.15) is 26.2 Å². The minimum absolute atomic E-state index is 0.904. The molecule has 0 saturated carbocycles. The third-order valence-corrected chi connectivity index (χ3v) is 1.07. The third kappa shape index (κ3) is 7.47. The van der Waals surface area contributed by atoms with Gasteiger partial charge in [0.2, 0.25) is 0 Å². The average Bonchev–Trinajstić information content (AvgIpc) is 1.89. The zero-order valence-electron chi connectivity index (χ0n) is 6.26. The molecule has 9 heavy (non-hydrogen) atoms. The molecule has 0 aromatic carbocycles. The van der Waals surface area contributed by atoms with Gasteiger partial charge in [-0.1, -0.05) is 19.8 Å². The molecule has 0 spiro atoms. The van der Waals surface area contributed by atoms with Crippen LogP contribution in [0.4, 0.5) is 0 Å². The smallest absolute Gasteiger partial charge is 0.168 e. The van der Waals surface area contributed by atoms with E-state index in [1.54, 1.807) is 7.11 Å². The third-order valence-electron chi connectivity index (χ3n) is 1.07. The molecule has 0 unspecified atom stereocenters. The Balaban J connectivity index is 2.82. The van der Waals surface area contributed by atoms with Crippen molar-refractivity contribution in [2.45, 2.75) is 26.2 Å². The lowest BCUT2D eigenvalue weighted by Gasteiger charge is -1.90. The molecule has 0 fully saturated rings. The van der Waals surface area contributed by atoms with Crippen molar-refractivity contribution >= 4 is 6.40 Å². The minimum Gasteiger partial charge on any atom is -0.487 e. The van der Waals surface area contributed by atoms with Crippen LogP contribution >= 0.6 is 0 Å². The van der Waals surface area contributed by atoms with E-state index in [0.29, 0.717) is 0 Å². The van der Waals surface area contributed by atoms with Crippen LogP contribution in [0.15, 0.2) is 4.99 Å². The fourth-order valence-corrected chi connectivity index (χ4v) is 0.580. The largest absolute Gasteiger partial charge is 0.487 e. The van der Waals surface area contributed by atoms with Crippen molar-refractivity contribution in [3.05, 3.63) is 0 Å². The Hall–Kier alpha value is -0.530. The van der Waals surface area contributed by atoms with E-state index in [-0.39, 0.29) is 0 Å². The van der Waals surface area contributed by atoms with Gasteiger partial charge in [0.1, 0.15) is 0 Å². The van der Waals surface area contributed by atoms with Gasteiger partial charge in [0.05, 0.1) is 7.11 Å². The number of rotatable bonds is 5. The molecular formula is C7H15NO. The predicted octanol–water partition coefficient (Wildman–Crippen LogP) is 1.85. The summed E-state index contributed by atoms with van der Waals surface area (Å²) in [7, 11) is 1.61. The molecule has 0 saturated heterocycles. The summed E-state index contributed by atoms with van der Waals surface area (Å²) in [6, 6.07) is 0. The van der Waals surface area contributed by atoms with E-state index >= 15 is 0 Å². The standard InChI is InChI=1S/C7H15NO/c1-3-4-5-6-8-7-9-2/h7H,3-6H2,1-2H3. The molecule has 0 radical (unpaired) electrons. The molecule has 0 N–H and O–H groups in total. The van der Waals surface area contributed by atoms with E-state index in [9.17, 15) is 0 Å². The van der Waals surface area contributed by atoms with Crippen molar-refractivity contribution in [1.29, 1.82) is 0 Å². The zero-order valence-corrected chi connectivity index (χ0v) is 6.26. The monoisotopic (exact) mass is 129 g/mol. The van der Waals surface area contributed by atoms with Crippen LogP contribution in [-0.4, -0.2) is 20.1 Å². The second-order valence-corrected chi connectivity index (χ2v) is 1.95. The first-order chi connectivity index (χ1) is 4.41. The summed E-state index contributed by atoms with van der Waals surface area (Å²) in [6.07, 6.45) is 5.19. The molecule has 0 aromatic heterocycles. The number of nitrogens with zero attached hydrogens (tertiary/aromatic N) is 1. The van der Waals surface area contributed by atoms with Crippen LogP contribution in [0.3, 0.4) is 0 Å². The summed E-state index contributed by atoms with van der Waals surface area (Å²) in [5, 5.41) is 0. The Kier molecular flexibility index (Phi) is 7.03. The fraction of sp³-hybridized carbons (Fsp3) is 0.857. The first-order valence-corrected chi connectivity index (χ1v) is 3.43. The van der Waals surface area contributed by atoms with Gasteiger partial charge < -0.3 is 4.74 Å². The average molecular weight is 129 g/mol. The maximum absolute atomic E-state index is 4.63. The lowest BCUT2D eigenvalue weighted by atomic mass is 10.3. The number of ether oxygens (including phenoxy) is 1. The van der Waals surface area contributed by atoms with Crippen molar-refractivity contribution in [2.24, 2.45) is 4.99 Å².